The molecule has 0 heterocycles. The Kier molecular flexibility index (Phi) is 6.42. The van der Waals surface area contributed by atoms with Crippen LogP contribution in [0.2, 0.25) is 0 Å². The highest BCUT2D eigenvalue weighted by Crippen LogP contribution is 2.25. The van der Waals surface area contributed by atoms with Crippen LogP contribution < -0.4 is 0 Å². The van der Waals surface area contributed by atoms with Gasteiger partial charge in [-0.15, -0.1) is 0 Å². The number of aryl methyl sites for hydroxylation is 1. The van der Waals surface area contributed by atoms with Crippen molar-refractivity contribution < 1.29 is 4.74 Å². The molecule has 0 radical (unpaired) electrons. The van der Waals surface area contributed by atoms with Crippen molar-refractivity contribution in [2.75, 3.05) is 12.4 Å². The van der Waals surface area contributed by atoms with E-state index in [0.717, 1.165) is 16.7 Å². The second-order valence-electron chi connectivity index (χ2n) is 3.14. The van der Waals surface area contributed by atoms with Gasteiger partial charge in [-0.3, -0.25) is 0 Å². The maximum Gasteiger partial charge on any atom is 0.261 e. The summed E-state index contributed by atoms with van der Waals surface area (Å²) in [4.78, 5) is 4.46. The van der Waals surface area contributed by atoms with E-state index < -0.39 is 0 Å². The molecule has 4 heteroatoms. The highest BCUT2D eigenvalue weighted by Gasteiger charge is 2.01. The Labute approximate surface area is 105 Å². The molecule has 0 unspecified atom stereocenters. The van der Waals surface area contributed by atoms with Crippen molar-refractivity contribution in [1.82, 2.24) is 0 Å². The summed E-state index contributed by atoms with van der Waals surface area (Å²) in [5.74, 6) is 1.05. The first-order valence-corrected chi connectivity index (χ1v) is 7.65. The van der Waals surface area contributed by atoms with E-state index in [1.54, 1.807) is 21.6 Å². The van der Waals surface area contributed by atoms with Gasteiger partial charge in [-0.05, 0) is 26.0 Å². The van der Waals surface area contributed by atoms with Crippen molar-refractivity contribution in [2.45, 2.75) is 20.8 Å². The van der Waals surface area contributed by atoms with Gasteiger partial charge in [-0.1, -0.05) is 35.4 Å². The Bertz CT molecular complexity index is 335. The third kappa shape index (κ3) is 4.94. The van der Waals surface area contributed by atoms with Gasteiger partial charge in [0.2, 0.25) is 0 Å². The molecular weight excluding hydrogens is 238 g/mol. The van der Waals surface area contributed by atoms with Gasteiger partial charge >= 0.3 is 0 Å². The van der Waals surface area contributed by atoms with Crippen LogP contribution >= 0.6 is 21.6 Å². The fourth-order valence-corrected chi connectivity index (χ4v) is 2.47. The fraction of sp³-hybridized carbons (Fsp3) is 0.417. The number of aliphatic imine (C=N–C) groups is 1. The molecule has 0 bridgehead atoms. The Balaban J connectivity index is 2.71. The van der Waals surface area contributed by atoms with E-state index in [9.17, 15) is 0 Å². The smallest absolute Gasteiger partial charge is 0.261 e. The molecule has 1 aromatic carbocycles. The molecule has 0 aliphatic carbocycles. The lowest BCUT2D eigenvalue weighted by molar-refractivity contribution is 0.338. The SMILES string of the molecule is CCOC(=Nc1ccc(C)cc1)SSCC. The van der Waals surface area contributed by atoms with Gasteiger partial charge < -0.3 is 4.74 Å². The van der Waals surface area contributed by atoms with E-state index >= 15 is 0 Å². The molecule has 0 fully saturated rings. The van der Waals surface area contributed by atoms with Crippen molar-refractivity contribution in [1.29, 1.82) is 0 Å². The van der Waals surface area contributed by atoms with E-state index in [1.807, 2.05) is 19.1 Å². The van der Waals surface area contributed by atoms with E-state index in [0.29, 0.717) is 6.61 Å². The minimum atomic E-state index is 0.655. The lowest BCUT2D eigenvalue weighted by Crippen LogP contribution is -1.97. The van der Waals surface area contributed by atoms with Crippen molar-refractivity contribution in [2.24, 2.45) is 4.99 Å². The lowest BCUT2D eigenvalue weighted by atomic mass is 10.2. The van der Waals surface area contributed by atoms with Crippen LogP contribution in [0.1, 0.15) is 19.4 Å². The first-order valence-electron chi connectivity index (χ1n) is 5.34. The molecule has 1 rings (SSSR count). The van der Waals surface area contributed by atoms with Gasteiger partial charge in [0.05, 0.1) is 12.3 Å². The Hall–Kier alpha value is -0.610. The van der Waals surface area contributed by atoms with Gasteiger partial charge in [-0.2, -0.15) is 0 Å². The van der Waals surface area contributed by atoms with Gasteiger partial charge in [0, 0.05) is 16.5 Å². The van der Waals surface area contributed by atoms with E-state index in [2.05, 4.69) is 31.0 Å². The highest BCUT2D eigenvalue weighted by molar-refractivity contribution is 8.82. The van der Waals surface area contributed by atoms with Crippen LogP contribution in [0.15, 0.2) is 29.3 Å². The standard InChI is InChI=1S/C12H17NOS2/c1-4-14-12(16-15-5-2)13-11-8-6-10(3)7-9-11/h6-9H,4-5H2,1-3H3. The molecule has 16 heavy (non-hydrogen) atoms. The van der Waals surface area contributed by atoms with E-state index in [-0.39, 0.29) is 0 Å². The number of benzene rings is 1. The maximum atomic E-state index is 5.47. The maximum absolute atomic E-state index is 5.47. The molecule has 0 spiro atoms. The normalized spacial score (nSPS) is 11.6. The molecule has 0 N–H and O–H groups in total. The Morgan fingerprint density at radius 1 is 1.25 bits per heavy atom. The van der Waals surface area contributed by atoms with Crippen molar-refractivity contribution in [3.63, 3.8) is 0 Å². The Morgan fingerprint density at radius 3 is 2.50 bits per heavy atom. The fourth-order valence-electron chi connectivity index (χ4n) is 1.03. The van der Waals surface area contributed by atoms with Crippen LogP contribution in [-0.4, -0.2) is 17.6 Å². The second-order valence-corrected chi connectivity index (χ2v) is 5.67. The van der Waals surface area contributed by atoms with Crippen LogP contribution in [0.25, 0.3) is 0 Å². The monoisotopic (exact) mass is 255 g/mol. The molecule has 1 aromatic rings. The zero-order valence-electron chi connectivity index (χ0n) is 9.90. The second kappa shape index (κ2) is 7.63. The number of rotatable bonds is 4. The summed E-state index contributed by atoms with van der Waals surface area (Å²) in [6.45, 7) is 6.82. The third-order valence-electron chi connectivity index (χ3n) is 1.77. The molecule has 0 amide bonds. The summed E-state index contributed by atoms with van der Waals surface area (Å²) in [5, 5.41) is 0.734. The van der Waals surface area contributed by atoms with Crippen molar-refractivity contribution >= 4 is 32.5 Å². The lowest BCUT2D eigenvalue weighted by Gasteiger charge is -2.05. The predicted molar refractivity (Wildman–Crippen MR) is 75.6 cm³/mol. The topological polar surface area (TPSA) is 21.6 Å². The highest BCUT2D eigenvalue weighted by atomic mass is 33.1. The molecular formula is C12H17NOS2. The van der Waals surface area contributed by atoms with Gasteiger partial charge in [0.15, 0.2) is 0 Å². The van der Waals surface area contributed by atoms with Crippen LogP contribution in [0.3, 0.4) is 0 Å². The molecule has 2 nitrogen and oxygen atoms in total. The van der Waals surface area contributed by atoms with Gasteiger partial charge in [-0.25, -0.2) is 4.99 Å². The molecule has 0 saturated carbocycles. The average Bonchev–Trinajstić information content (AvgIpc) is 2.29. The quantitative estimate of drug-likeness (QED) is 0.451. The van der Waals surface area contributed by atoms with Crippen LogP contribution in [0, 0.1) is 6.92 Å². The molecule has 88 valence electrons. The summed E-state index contributed by atoms with van der Waals surface area (Å²) in [6.07, 6.45) is 0. The summed E-state index contributed by atoms with van der Waals surface area (Å²) < 4.78 is 5.47. The number of hydrogen-bond donors (Lipinski definition) is 0. The first-order chi connectivity index (χ1) is 7.76. The minimum absolute atomic E-state index is 0.655. The van der Waals surface area contributed by atoms with Crippen LogP contribution in [-0.2, 0) is 4.74 Å². The number of ether oxygens (including phenoxy) is 1. The molecule has 0 aliphatic heterocycles. The first kappa shape index (κ1) is 13.5. The largest absolute Gasteiger partial charge is 0.473 e. The van der Waals surface area contributed by atoms with E-state index in [1.165, 1.54) is 5.56 Å². The summed E-state index contributed by atoms with van der Waals surface area (Å²) in [6, 6.07) is 8.12. The molecule has 0 saturated heterocycles. The van der Waals surface area contributed by atoms with Crippen molar-refractivity contribution in [3.8, 4) is 0 Å². The van der Waals surface area contributed by atoms with Crippen LogP contribution in [0.5, 0.6) is 0 Å². The third-order valence-corrected chi connectivity index (χ3v) is 3.96. The minimum Gasteiger partial charge on any atom is -0.473 e. The van der Waals surface area contributed by atoms with E-state index in [4.69, 9.17) is 4.74 Å². The van der Waals surface area contributed by atoms with Crippen LogP contribution in [0.4, 0.5) is 5.69 Å². The molecule has 0 aromatic heterocycles. The van der Waals surface area contributed by atoms with Crippen molar-refractivity contribution in [3.05, 3.63) is 29.8 Å². The average molecular weight is 255 g/mol. The summed E-state index contributed by atoms with van der Waals surface area (Å²) >= 11 is 0. The summed E-state index contributed by atoms with van der Waals surface area (Å²) in [5.41, 5.74) is 2.19. The Morgan fingerprint density at radius 2 is 1.94 bits per heavy atom. The molecule has 0 atom stereocenters. The zero-order chi connectivity index (χ0) is 11.8. The number of nitrogens with zero attached hydrogens (tertiary/aromatic N) is 1. The van der Waals surface area contributed by atoms with Gasteiger partial charge in [0.25, 0.3) is 5.23 Å². The predicted octanol–water partition coefficient (Wildman–Crippen LogP) is 4.42. The molecule has 0 aliphatic rings. The van der Waals surface area contributed by atoms with Gasteiger partial charge in [0.1, 0.15) is 0 Å². The number of hydrogen-bond acceptors (Lipinski definition) is 4. The zero-order valence-corrected chi connectivity index (χ0v) is 11.5. The summed E-state index contributed by atoms with van der Waals surface area (Å²) in [7, 11) is 3.33.